The summed E-state index contributed by atoms with van der Waals surface area (Å²) in [5.41, 5.74) is 0.0561. The Morgan fingerprint density at radius 2 is 1.90 bits per heavy atom. The van der Waals surface area contributed by atoms with Gasteiger partial charge in [-0.05, 0) is 18.6 Å². The first-order chi connectivity index (χ1) is 9.78. The first-order valence-electron chi connectivity index (χ1n) is 5.89. The molecule has 1 N–H and O–H groups in total. The Balaban J connectivity index is 2.40. The van der Waals surface area contributed by atoms with Crippen LogP contribution in [0.25, 0.3) is 0 Å². The molecule has 0 bridgehead atoms. The first-order valence-corrected chi connectivity index (χ1v) is 10.1. The van der Waals surface area contributed by atoms with Crippen molar-refractivity contribution in [2.24, 2.45) is 0 Å². The van der Waals surface area contributed by atoms with Gasteiger partial charge in [0.2, 0.25) is 10.0 Å². The summed E-state index contributed by atoms with van der Waals surface area (Å²) in [5.74, 6) is 0. The second-order valence-electron chi connectivity index (χ2n) is 4.63. The van der Waals surface area contributed by atoms with E-state index in [-0.39, 0.29) is 9.23 Å². The van der Waals surface area contributed by atoms with Crippen LogP contribution in [0.3, 0.4) is 0 Å². The number of hydrogen-bond donors (Lipinski definition) is 1. The topological polar surface area (TPSA) is 46.2 Å². The van der Waals surface area contributed by atoms with Gasteiger partial charge in [-0.3, -0.25) is 0 Å². The maximum Gasteiger partial charge on any atom is 0.243 e. The number of thiophene rings is 1. The molecule has 0 amide bonds. The molecular formula is C13H12BrCl2NO2S2. The third kappa shape index (κ3) is 3.81. The van der Waals surface area contributed by atoms with E-state index in [2.05, 4.69) is 20.7 Å². The van der Waals surface area contributed by atoms with Crippen LogP contribution in [0, 0.1) is 0 Å². The van der Waals surface area contributed by atoms with Crippen LogP contribution in [-0.2, 0) is 15.6 Å². The minimum absolute atomic E-state index is 0.00210. The van der Waals surface area contributed by atoms with Crippen molar-refractivity contribution in [1.29, 1.82) is 0 Å². The van der Waals surface area contributed by atoms with Gasteiger partial charge in [0.25, 0.3) is 0 Å². The molecule has 0 saturated heterocycles. The van der Waals surface area contributed by atoms with Gasteiger partial charge < -0.3 is 0 Å². The fourth-order valence-corrected chi connectivity index (χ4v) is 6.02. The van der Waals surface area contributed by atoms with Gasteiger partial charge in [-0.25, -0.2) is 8.42 Å². The molecule has 1 heterocycles. The van der Waals surface area contributed by atoms with Gasteiger partial charge in [0.05, 0.1) is 9.88 Å². The van der Waals surface area contributed by atoms with Crippen LogP contribution < -0.4 is 4.72 Å². The van der Waals surface area contributed by atoms with Crippen LogP contribution in [0.4, 0.5) is 0 Å². The molecule has 1 aromatic heterocycles. The zero-order chi connectivity index (χ0) is 15.7. The predicted molar refractivity (Wildman–Crippen MR) is 92.2 cm³/mol. The number of alkyl halides is 1. The smallest absolute Gasteiger partial charge is 0.207 e. The molecule has 1 aromatic carbocycles. The summed E-state index contributed by atoms with van der Waals surface area (Å²) in [7, 11) is -3.77. The molecule has 0 radical (unpaired) electrons. The number of benzene rings is 1. The predicted octanol–water partition coefficient (Wildman–Crippen LogP) is 4.64. The van der Waals surface area contributed by atoms with Gasteiger partial charge >= 0.3 is 0 Å². The van der Waals surface area contributed by atoms with E-state index in [1.165, 1.54) is 6.07 Å². The van der Waals surface area contributed by atoms with E-state index in [1.54, 1.807) is 6.92 Å². The standard InChI is InChI=1S/C13H12BrCl2NO2S2/c1-13(8-14,9-5-3-2-4-6-9)17-21(18,19)10-7-11(15)20-12(10)16/h2-7,17H,8H2,1H3. The molecule has 2 aromatic rings. The highest BCUT2D eigenvalue weighted by Gasteiger charge is 2.33. The normalized spacial score (nSPS) is 14.9. The van der Waals surface area contributed by atoms with Crippen molar-refractivity contribution in [3.05, 3.63) is 50.6 Å². The fraction of sp³-hybridized carbons (Fsp3) is 0.231. The van der Waals surface area contributed by atoms with E-state index in [0.29, 0.717) is 9.67 Å². The molecule has 1 atom stereocenters. The van der Waals surface area contributed by atoms with Crippen LogP contribution in [0.15, 0.2) is 41.3 Å². The van der Waals surface area contributed by atoms with E-state index in [0.717, 1.165) is 16.9 Å². The van der Waals surface area contributed by atoms with Crippen molar-refractivity contribution in [3.8, 4) is 0 Å². The molecule has 0 aliphatic carbocycles. The molecule has 1 unspecified atom stereocenters. The lowest BCUT2D eigenvalue weighted by atomic mass is 9.96. The summed E-state index contributed by atoms with van der Waals surface area (Å²) >= 11 is 16.2. The van der Waals surface area contributed by atoms with Gasteiger partial charge in [-0.2, -0.15) is 4.72 Å². The van der Waals surface area contributed by atoms with E-state index < -0.39 is 15.6 Å². The third-order valence-corrected chi connectivity index (χ3v) is 7.42. The summed E-state index contributed by atoms with van der Waals surface area (Å²) < 4.78 is 28.3. The van der Waals surface area contributed by atoms with E-state index in [1.807, 2.05) is 30.3 Å². The van der Waals surface area contributed by atoms with Crippen LogP contribution in [0.2, 0.25) is 8.67 Å². The highest BCUT2D eigenvalue weighted by molar-refractivity contribution is 9.09. The van der Waals surface area contributed by atoms with Crippen molar-refractivity contribution in [1.82, 2.24) is 4.72 Å². The summed E-state index contributed by atoms with van der Waals surface area (Å²) in [4.78, 5) is 0.00210. The molecule has 0 saturated carbocycles. The van der Waals surface area contributed by atoms with Crippen molar-refractivity contribution >= 4 is 60.5 Å². The monoisotopic (exact) mass is 427 g/mol. The Morgan fingerprint density at radius 1 is 1.29 bits per heavy atom. The Kier molecular flexibility index (Phi) is 5.39. The number of nitrogens with one attached hydrogen (secondary N) is 1. The number of hydrogen-bond acceptors (Lipinski definition) is 3. The minimum Gasteiger partial charge on any atom is -0.207 e. The van der Waals surface area contributed by atoms with E-state index in [4.69, 9.17) is 23.2 Å². The Hall–Kier alpha value is -0.110. The van der Waals surface area contributed by atoms with Crippen molar-refractivity contribution in [3.63, 3.8) is 0 Å². The van der Waals surface area contributed by atoms with Gasteiger partial charge in [-0.15, -0.1) is 11.3 Å². The summed E-state index contributed by atoms with van der Waals surface area (Å²) in [5, 5.41) is 0.415. The molecule has 21 heavy (non-hydrogen) atoms. The Labute approximate surface area is 146 Å². The second-order valence-corrected chi connectivity index (χ2v) is 9.12. The van der Waals surface area contributed by atoms with Crippen molar-refractivity contribution < 1.29 is 8.42 Å². The molecule has 0 aliphatic heterocycles. The molecule has 0 fully saturated rings. The molecule has 0 spiro atoms. The molecule has 0 aliphatic rings. The lowest BCUT2D eigenvalue weighted by molar-refractivity contribution is 0.482. The van der Waals surface area contributed by atoms with Crippen molar-refractivity contribution in [2.75, 3.05) is 5.33 Å². The van der Waals surface area contributed by atoms with E-state index in [9.17, 15) is 8.42 Å². The first kappa shape index (κ1) is 17.2. The van der Waals surface area contributed by atoms with Gasteiger partial charge in [0, 0.05) is 5.33 Å². The summed E-state index contributed by atoms with van der Waals surface area (Å²) in [6, 6.07) is 10.7. The maximum atomic E-state index is 12.5. The summed E-state index contributed by atoms with van der Waals surface area (Å²) in [6.07, 6.45) is 0. The zero-order valence-electron chi connectivity index (χ0n) is 10.9. The third-order valence-electron chi connectivity index (χ3n) is 2.95. The van der Waals surface area contributed by atoms with Crippen LogP contribution in [0.1, 0.15) is 12.5 Å². The van der Waals surface area contributed by atoms with Gasteiger partial charge in [0.15, 0.2) is 0 Å². The Morgan fingerprint density at radius 3 is 2.38 bits per heavy atom. The largest absolute Gasteiger partial charge is 0.243 e. The summed E-state index contributed by atoms with van der Waals surface area (Å²) in [6.45, 7) is 1.80. The highest BCUT2D eigenvalue weighted by Crippen LogP contribution is 2.35. The zero-order valence-corrected chi connectivity index (χ0v) is 15.7. The average molecular weight is 429 g/mol. The van der Waals surface area contributed by atoms with Gasteiger partial charge in [0.1, 0.15) is 9.23 Å². The molecular weight excluding hydrogens is 417 g/mol. The average Bonchev–Trinajstić information content (AvgIpc) is 2.79. The number of sulfonamides is 1. The molecule has 8 heteroatoms. The quantitative estimate of drug-likeness (QED) is 0.704. The van der Waals surface area contributed by atoms with Crippen LogP contribution in [0.5, 0.6) is 0 Å². The van der Waals surface area contributed by atoms with Crippen LogP contribution >= 0.6 is 50.5 Å². The van der Waals surface area contributed by atoms with Crippen molar-refractivity contribution in [2.45, 2.75) is 17.4 Å². The second kappa shape index (κ2) is 6.56. The maximum absolute atomic E-state index is 12.5. The Bertz CT molecular complexity index is 734. The number of halogens is 3. The van der Waals surface area contributed by atoms with E-state index >= 15 is 0 Å². The lowest BCUT2D eigenvalue weighted by Gasteiger charge is -2.29. The molecule has 2 rings (SSSR count). The molecule has 114 valence electrons. The fourth-order valence-electron chi connectivity index (χ4n) is 1.83. The molecule has 3 nitrogen and oxygen atoms in total. The van der Waals surface area contributed by atoms with Crippen LogP contribution in [-0.4, -0.2) is 13.7 Å². The number of rotatable bonds is 5. The van der Waals surface area contributed by atoms with Gasteiger partial charge in [-0.1, -0.05) is 69.5 Å². The SMILES string of the molecule is CC(CBr)(NS(=O)(=O)c1cc(Cl)sc1Cl)c1ccccc1. The highest BCUT2D eigenvalue weighted by atomic mass is 79.9. The lowest BCUT2D eigenvalue weighted by Crippen LogP contribution is -2.44. The minimum atomic E-state index is -3.77.